The number of halogens is 4. The van der Waals surface area contributed by atoms with Crippen molar-refractivity contribution in [2.75, 3.05) is 13.2 Å². The van der Waals surface area contributed by atoms with Crippen LogP contribution in [0.2, 0.25) is 0 Å². The Labute approximate surface area is 130 Å². The quantitative estimate of drug-likeness (QED) is 0.784. The number of alkyl carbamates (subject to hydrolysis) is 1. The van der Waals surface area contributed by atoms with Gasteiger partial charge in [0.15, 0.2) is 6.61 Å². The number of amides is 2. The maximum atomic E-state index is 13.1. The van der Waals surface area contributed by atoms with Gasteiger partial charge in [-0.2, -0.15) is 13.2 Å². The number of benzene rings is 1. The van der Waals surface area contributed by atoms with Gasteiger partial charge in [-0.1, -0.05) is 12.1 Å². The van der Waals surface area contributed by atoms with Gasteiger partial charge in [-0.25, -0.2) is 9.18 Å². The third kappa shape index (κ3) is 8.03. The van der Waals surface area contributed by atoms with Crippen molar-refractivity contribution in [1.82, 2.24) is 10.6 Å². The van der Waals surface area contributed by atoms with Crippen molar-refractivity contribution in [2.45, 2.75) is 26.1 Å². The first kappa shape index (κ1) is 18.7. The summed E-state index contributed by atoms with van der Waals surface area (Å²) in [7, 11) is 0. The normalized spacial score (nSPS) is 11.0. The number of carbonyl (C=O) groups is 2. The van der Waals surface area contributed by atoms with E-state index in [0.29, 0.717) is 11.1 Å². The molecule has 0 bridgehead atoms. The fourth-order valence-corrected chi connectivity index (χ4v) is 1.58. The molecule has 1 aromatic rings. The Bertz CT molecular complexity index is 561. The van der Waals surface area contributed by atoms with Gasteiger partial charge in [0.2, 0.25) is 5.91 Å². The molecule has 0 aliphatic carbocycles. The molecule has 0 spiro atoms. The van der Waals surface area contributed by atoms with Crippen LogP contribution >= 0.6 is 0 Å². The van der Waals surface area contributed by atoms with Gasteiger partial charge in [0.05, 0.1) is 0 Å². The Hall–Kier alpha value is -2.32. The second kappa shape index (κ2) is 8.35. The van der Waals surface area contributed by atoms with Gasteiger partial charge in [-0.05, 0) is 24.1 Å². The molecule has 5 nitrogen and oxygen atoms in total. The van der Waals surface area contributed by atoms with Crippen molar-refractivity contribution in [2.24, 2.45) is 0 Å². The topological polar surface area (TPSA) is 67.4 Å². The van der Waals surface area contributed by atoms with Crippen LogP contribution in [0.1, 0.15) is 17.5 Å². The Kier molecular flexibility index (Phi) is 6.80. The molecular formula is C14H16F4N2O3. The standard InChI is InChI=1S/C14H16F4N2O3/c1-9-6-10(2-3-11(9)15)7-20-12(21)4-5-19-13(22)23-8-14(16,17)18/h2-3,6H,4-5,7-8H2,1H3,(H,19,22)(H,20,21). The summed E-state index contributed by atoms with van der Waals surface area (Å²) in [5.41, 5.74) is 1.15. The Morgan fingerprint density at radius 2 is 1.91 bits per heavy atom. The van der Waals surface area contributed by atoms with Crippen LogP contribution < -0.4 is 10.6 Å². The van der Waals surface area contributed by atoms with Gasteiger partial charge in [0, 0.05) is 19.5 Å². The molecule has 128 valence electrons. The minimum Gasteiger partial charge on any atom is -0.440 e. The average molecular weight is 336 g/mol. The Morgan fingerprint density at radius 1 is 1.22 bits per heavy atom. The maximum Gasteiger partial charge on any atom is 0.422 e. The van der Waals surface area contributed by atoms with E-state index in [9.17, 15) is 27.2 Å². The minimum atomic E-state index is -4.60. The van der Waals surface area contributed by atoms with E-state index in [1.807, 2.05) is 5.32 Å². The van der Waals surface area contributed by atoms with E-state index < -0.39 is 24.8 Å². The molecule has 0 radical (unpaired) electrons. The van der Waals surface area contributed by atoms with Crippen LogP contribution in [-0.2, 0) is 16.1 Å². The van der Waals surface area contributed by atoms with Crippen LogP contribution in [-0.4, -0.2) is 31.3 Å². The number of carbonyl (C=O) groups excluding carboxylic acids is 2. The number of aryl methyl sites for hydroxylation is 1. The highest BCUT2D eigenvalue weighted by Crippen LogP contribution is 2.14. The van der Waals surface area contributed by atoms with Gasteiger partial charge < -0.3 is 15.4 Å². The van der Waals surface area contributed by atoms with Gasteiger partial charge in [-0.15, -0.1) is 0 Å². The summed E-state index contributed by atoms with van der Waals surface area (Å²) in [5, 5.41) is 4.57. The number of nitrogens with one attached hydrogen (secondary N) is 2. The molecular weight excluding hydrogens is 320 g/mol. The molecule has 1 aromatic carbocycles. The highest BCUT2D eigenvalue weighted by atomic mass is 19.4. The van der Waals surface area contributed by atoms with E-state index >= 15 is 0 Å². The molecule has 23 heavy (non-hydrogen) atoms. The Balaban J connectivity index is 2.21. The van der Waals surface area contributed by atoms with Gasteiger partial charge in [0.1, 0.15) is 5.82 Å². The van der Waals surface area contributed by atoms with E-state index in [2.05, 4.69) is 10.1 Å². The van der Waals surface area contributed by atoms with E-state index in [-0.39, 0.29) is 25.3 Å². The minimum absolute atomic E-state index is 0.124. The molecule has 0 aliphatic heterocycles. The second-order valence-corrected chi connectivity index (χ2v) is 4.73. The number of ether oxygens (including phenoxy) is 1. The molecule has 0 heterocycles. The summed E-state index contributed by atoms with van der Waals surface area (Å²) in [5.74, 6) is -0.759. The first-order chi connectivity index (χ1) is 10.7. The number of alkyl halides is 3. The van der Waals surface area contributed by atoms with Crippen LogP contribution in [0.15, 0.2) is 18.2 Å². The lowest BCUT2D eigenvalue weighted by Crippen LogP contribution is -2.32. The molecule has 0 aromatic heterocycles. The van der Waals surface area contributed by atoms with Gasteiger partial charge >= 0.3 is 12.3 Å². The van der Waals surface area contributed by atoms with Crippen molar-refractivity contribution in [3.05, 3.63) is 35.1 Å². The first-order valence-corrected chi connectivity index (χ1v) is 6.66. The second-order valence-electron chi connectivity index (χ2n) is 4.73. The zero-order chi connectivity index (χ0) is 17.5. The molecule has 9 heteroatoms. The van der Waals surface area contributed by atoms with Crippen molar-refractivity contribution in [1.29, 1.82) is 0 Å². The lowest BCUT2D eigenvalue weighted by molar-refractivity contribution is -0.160. The van der Waals surface area contributed by atoms with Crippen LogP contribution in [0.4, 0.5) is 22.4 Å². The summed E-state index contributed by atoms with van der Waals surface area (Å²) in [6, 6.07) is 4.40. The van der Waals surface area contributed by atoms with Crippen LogP contribution in [0.3, 0.4) is 0 Å². The van der Waals surface area contributed by atoms with Crippen LogP contribution in [0.5, 0.6) is 0 Å². The SMILES string of the molecule is Cc1cc(CNC(=O)CCNC(=O)OCC(F)(F)F)ccc1F. The zero-order valence-corrected chi connectivity index (χ0v) is 12.3. The zero-order valence-electron chi connectivity index (χ0n) is 12.3. The van der Waals surface area contributed by atoms with Gasteiger partial charge in [0.25, 0.3) is 0 Å². The smallest absolute Gasteiger partial charge is 0.422 e. The fourth-order valence-electron chi connectivity index (χ4n) is 1.58. The summed E-state index contributed by atoms with van der Waals surface area (Å²) >= 11 is 0. The molecule has 0 saturated heterocycles. The molecule has 1 rings (SSSR count). The van der Waals surface area contributed by atoms with Crippen molar-refractivity contribution in [3.63, 3.8) is 0 Å². The van der Waals surface area contributed by atoms with Crippen molar-refractivity contribution < 1.29 is 31.9 Å². The average Bonchev–Trinajstić information content (AvgIpc) is 2.46. The predicted molar refractivity (Wildman–Crippen MR) is 73.0 cm³/mol. The number of hydrogen-bond donors (Lipinski definition) is 2. The third-order valence-electron chi connectivity index (χ3n) is 2.70. The maximum absolute atomic E-state index is 13.1. The molecule has 0 saturated carbocycles. The summed E-state index contributed by atoms with van der Waals surface area (Å²) in [6.45, 7) is -0.0739. The summed E-state index contributed by atoms with van der Waals surface area (Å²) in [6.07, 6.45) is -5.96. The van der Waals surface area contributed by atoms with Gasteiger partial charge in [-0.3, -0.25) is 4.79 Å². The van der Waals surface area contributed by atoms with E-state index in [4.69, 9.17) is 0 Å². The number of hydrogen-bond acceptors (Lipinski definition) is 3. The van der Waals surface area contributed by atoms with Crippen LogP contribution in [0.25, 0.3) is 0 Å². The summed E-state index contributed by atoms with van der Waals surface area (Å²) in [4.78, 5) is 22.4. The predicted octanol–water partition coefficient (Wildman–Crippen LogP) is 2.43. The number of rotatable bonds is 6. The van der Waals surface area contributed by atoms with Crippen molar-refractivity contribution >= 4 is 12.0 Å². The third-order valence-corrected chi connectivity index (χ3v) is 2.70. The van der Waals surface area contributed by atoms with E-state index in [1.54, 1.807) is 13.0 Å². The lowest BCUT2D eigenvalue weighted by Gasteiger charge is -2.09. The molecule has 0 unspecified atom stereocenters. The highest BCUT2D eigenvalue weighted by Gasteiger charge is 2.29. The monoisotopic (exact) mass is 336 g/mol. The first-order valence-electron chi connectivity index (χ1n) is 6.66. The lowest BCUT2D eigenvalue weighted by atomic mass is 10.1. The fraction of sp³-hybridized carbons (Fsp3) is 0.429. The van der Waals surface area contributed by atoms with Crippen molar-refractivity contribution in [3.8, 4) is 0 Å². The summed E-state index contributed by atoms with van der Waals surface area (Å²) < 4.78 is 52.3. The largest absolute Gasteiger partial charge is 0.440 e. The molecule has 2 N–H and O–H groups in total. The molecule has 0 aliphatic rings. The highest BCUT2D eigenvalue weighted by molar-refractivity contribution is 5.77. The molecule has 2 amide bonds. The van der Waals surface area contributed by atoms with Crippen LogP contribution in [0, 0.1) is 12.7 Å². The molecule has 0 fully saturated rings. The molecule has 0 atom stereocenters. The van der Waals surface area contributed by atoms with E-state index in [1.165, 1.54) is 12.1 Å². The Morgan fingerprint density at radius 3 is 2.52 bits per heavy atom. The van der Waals surface area contributed by atoms with E-state index in [0.717, 1.165) is 0 Å².